The summed E-state index contributed by atoms with van der Waals surface area (Å²) in [6, 6.07) is 8.93. The first-order valence-electron chi connectivity index (χ1n) is 7.56. The Labute approximate surface area is 129 Å². The monoisotopic (exact) mass is 288 g/mol. The minimum absolute atomic E-state index is 0.448. The van der Waals surface area contributed by atoms with E-state index in [1.807, 2.05) is 6.07 Å². The molecule has 1 rings (SSSR count). The molecule has 4 nitrogen and oxygen atoms in total. The van der Waals surface area contributed by atoms with E-state index in [-0.39, 0.29) is 0 Å². The van der Waals surface area contributed by atoms with Gasteiger partial charge in [-0.3, -0.25) is 0 Å². The maximum Gasteiger partial charge on any atom is 0.101 e. The highest BCUT2D eigenvalue weighted by Crippen LogP contribution is 2.20. The first-order valence-corrected chi connectivity index (χ1v) is 7.56. The molecule has 0 saturated heterocycles. The second kappa shape index (κ2) is 8.66. The van der Waals surface area contributed by atoms with Crippen LogP contribution in [0.2, 0.25) is 0 Å². The first-order chi connectivity index (χ1) is 9.93. The summed E-state index contributed by atoms with van der Waals surface area (Å²) in [6.07, 6.45) is 1.09. The van der Waals surface area contributed by atoms with Gasteiger partial charge in [0.05, 0.1) is 11.3 Å². The summed E-state index contributed by atoms with van der Waals surface area (Å²) in [6.45, 7) is 7.06. The van der Waals surface area contributed by atoms with E-state index in [1.54, 1.807) is 0 Å². The molecule has 0 spiro atoms. The van der Waals surface area contributed by atoms with Crippen LogP contribution >= 0.6 is 0 Å². The summed E-state index contributed by atoms with van der Waals surface area (Å²) in [5.74, 6) is 0. The highest BCUT2D eigenvalue weighted by Gasteiger charge is 2.08. The summed E-state index contributed by atoms with van der Waals surface area (Å²) in [7, 11) is 6.21. The number of hydrogen-bond acceptors (Lipinski definition) is 4. The Morgan fingerprint density at radius 3 is 2.48 bits per heavy atom. The number of nitrogens with zero attached hydrogens (tertiary/aromatic N) is 3. The molecule has 0 aromatic heterocycles. The van der Waals surface area contributed by atoms with Crippen LogP contribution in [0.5, 0.6) is 0 Å². The molecule has 0 amide bonds. The van der Waals surface area contributed by atoms with E-state index < -0.39 is 0 Å². The molecule has 0 atom stereocenters. The summed E-state index contributed by atoms with van der Waals surface area (Å²) < 4.78 is 0. The molecule has 0 aliphatic heterocycles. The largest absolute Gasteiger partial charge is 0.373 e. The van der Waals surface area contributed by atoms with Gasteiger partial charge in [0, 0.05) is 26.2 Å². The van der Waals surface area contributed by atoms with Crippen molar-refractivity contribution in [3.63, 3.8) is 0 Å². The minimum Gasteiger partial charge on any atom is -0.373 e. The van der Waals surface area contributed by atoms with Crippen molar-refractivity contribution in [2.45, 2.75) is 32.9 Å². The van der Waals surface area contributed by atoms with Crippen molar-refractivity contribution in [2.24, 2.45) is 0 Å². The fraction of sp³-hybridized carbons (Fsp3) is 0.588. The van der Waals surface area contributed by atoms with Crippen molar-refractivity contribution in [2.75, 3.05) is 39.1 Å². The van der Waals surface area contributed by atoms with Gasteiger partial charge in [-0.1, -0.05) is 19.9 Å². The van der Waals surface area contributed by atoms with Crippen molar-refractivity contribution in [1.29, 1.82) is 5.26 Å². The number of nitriles is 1. The molecule has 1 aromatic carbocycles. The van der Waals surface area contributed by atoms with Crippen LogP contribution in [0.15, 0.2) is 18.2 Å². The average molecular weight is 288 g/mol. The summed E-state index contributed by atoms with van der Waals surface area (Å²) in [4.78, 5) is 4.35. The quantitative estimate of drug-likeness (QED) is 0.798. The number of rotatable bonds is 8. The third kappa shape index (κ3) is 6.16. The van der Waals surface area contributed by atoms with Crippen molar-refractivity contribution in [3.8, 4) is 6.07 Å². The zero-order valence-corrected chi connectivity index (χ0v) is 14.0. The van der Waals surface area contributed by atoms with Gasteiger partial charge in [-0.05, 0) is 44.8 Å². The zero-order valence-electron chi connectivity index (χ0n) is 14.0. The molecule has 0 heterocycles. The van der Waals surface area contributed by atoms with Crippen molar-refractivity contribution < 1.29 is 0 Å². The predicted octanol–water partition coefficient (Wildman–Crippen LogP) is 2.44. The highest BCUT2D eigenvalue weighted by atomic mass is 15.1. The fourth-order valence-corrected chi connectivity index (χ4v) is 2.18. The van der Waals surface area contributed by atoms with Crippen LogP contribution in [-0.4, -0.2) is 45.2 Å². The van der Waals surface area contributed by atoms with Gasteiger partial charge in [-0.15, -0.1) is 0 Å². The van der Waals surface area contributed by atoms with Crippen LogP contribution in [0.25, 0.3) is 0 Å². The molecule has 4 heteroatoms. The Morgan fingerprint density at radius 1 is 1.19 bits per heavy atom. The summed E-state index contributed by atoms with van der Waals surface area (Å²) in [5, 5.41) is 12.8. The molecule has 21 heavy (non-hydrogen) atoms. The van der Waals surface area contributed by atoms with Gasteiger partial charge in [0.25, 0.3) is 0 Å². The zero-order chi connectivity index (χ0) is 15.8. The molecule has 0 radical (unpaired) electrons. The van der Waals surface area contributed by atoms with Crippen LogP contribution in [0.4, 0.5) is 5.69 Å². The lowest BCUT2D eigenvalue weighted by molar-refractivity contribution is 0.401. The number of nitrogens with one attached hydrogen (secondary N) is 1. The van der Waals surface area contributed by atoms with Gasteiger partial charge in [-0.25, -0.2) is 0 Å². The lowest BCUT2D eigenvalue weighted by atomic mass is 10.1. The van der Waals surface area contributed by atoms with Crippen LogP contribution in [0, 0.1) is 11.3 Å². The van der Waals surface area contributed by atoms with Gasteiger partial charge in [0.1, 0.15) is 6.07 Å². The SMILES string of the molecule is CC(C)NCc1ccc(N(C)CCCN(C)C)c(C#N)c1. The third-order valence-electron chi connectivity index (χ3n) is 3.41. The fourth-order valence-electron chi connectivity index (χ4n) is 2.18. The Kier molecular flexibility index (Phi) is 7.21. The van der Waals surface area contributed by atoms with Crippen LogP contribution in [-0.2, 0) is 6.54 Å². The van der Waals surface area contributed by atoms with Crippen LogP contribution in [0.3, 0.4) is 0 Å². The van der Waals surface area contributed by atoms with E-state index in [1.165, 1.54) is 0 Å². The van der Waals surface area contributed by atoms with Gasteiger partial charge in [0.15, 0.2) is 0 Å². The van der Waals surface area contributed by atoms with Gasteiger partial charge in [0.2, 0.25) is 0 Å². The molecular formula is C17H28N4. The lowest BCUT2D eigenvalue weighted by Crippen LogP contribution is -2.24. The number of benzene rings is 1. The maximum absolute atomic E-state index is 9.38. The summed E-state index contributed by atoms with van der Waals surface area (Å²) >= 11 is 0. The van der Waals surface area contributed by atoms with Crippen LogP contribution in [0.1, 0.15) is 31.4 Å². The first kappa shape index (κ1) is 17.5. The van der Waals surface area contributed by atoms with E-state index in [0.717, 1.165) is 42.9 Å². The van der Waals surface area contributed by atoms with Crippen molar-refractivity contribution in [3.05, 3.63) is 29.3 Å². The number of hydrogen-bond donors (Lipinski definition) is 1. The Morgan fingerprint density at radius 2 is 1.90 bits per heavy atom. The topological polar surface area (TPSA) is 42.3 Å². The standard InChI is InChI=1S/C17H28N4/c1-14(2)19-13-15-7-8-17(16(11-15)12-18)21(5)10-6-9-20(3)4/h7-8,11,14,19H,6,9-10,13H2,1-5H3. The van der Waals surface area contributed by atoms with E-state index in [0.29, 0.717) is 6.04 Å². The van der Waals surface area contributed by atoms with Gasteiger partial charge >= 0.3 is 0 Å². The highest BCUT2D eigenvalue weighted by molar-refractivity contribution is 5.60. The minimum atomic E-state index is 0.448. The Bertz CT molecular complexity index is 474. The predicted molar refractivity (Wildman–Crippen MR) is 89.6 cm³/mol. The van der Waals surface area contributed by atoms with Crippen LogP contribution < -0.4 is 10.2 Å². The molecule has 0 bridgehead atoms. The van der Waals surface area contributed by atoms with Crippen molar-refractivity contribution >= 4 is 5.69 Å². The normalized spacial score (nSPS) is 11.0. The molecule has 0 aliphatic rings. The molecule has 0 fully saturated rings. The van der Waals surface area contributed by atoms with Gasteiger partial charge < -0.3 is 15.1 Å². The molecule has 0 unspecified atom stereocenters. The molecule has 0 aliphatic carbocycles. The third-order valence-corrected chi connectivity index (χ3v) is 3.41. The maximum atomic E-state index is 9.38. The van der Waals surface area contributed by atoms with E-state index >= 15 is 0 Å². The summed E-state index contributed by atoms with van der Waals surface area (Å²) in [5.41, 5.74) is 2.93. The van der Waals surface area contributed by atoms with E-state index in [9.17, 15) is 5.26 Å². The van der Waals surface area contributed by atoms with Gasteiger partial charge in [-0.2, -0.15) is 5.26 Å². The number of anilines is 1. The smallest absolute Gasteiger partial charge is 0.101 e. The molecule has 0 saturated carbocycles. The second-order valence-electron chi connectivity index (χ2n) is 6.08. The average Bonchev–Trinajstić information content (AvgIpc) is 2.44. The van der Waals surface area contributed by atoms with Crippen molar-refractivity contribution in [1.82, 2.24) is 10.2 Å². The Balaban J connectivity index is 2.72. The molecule has 1 aromatic rings. The van der Waals surface area contributed by atoms with E-state index in [2.05, 4.69) is 68.3 Å². The molecule has 1 N–H and O–H groups in total. The molecule has 116 valence electrons. The van der Waals surface area contributed by atoms with E-state index in [4.69, 9.17) is 0 Å². The second-order valence-corrected chi connectivity index (χ2v) is 6.08. The molecular weight excluding hydrogens is 260 g/mol. The Hall–Kier alpha value is -1.57. The lowest BCUT2D eigenvalue weighted by Gasteiger charge is -2.22.